The minimum absolute atomic E-state index is 0. The largest absolute Gasteiger partial charge is 1.00 e. The summed E-state index contributed by atoms with van der Waals surface area (Å²) in [6, 6.07) is 9.71. The Morgan fingerprint density at radius 3 is 2.56 bits per heavy atom. The van der Waals surface area contributed by atoms with E-state index in [1.807, 2.05) is 30.3 Å². The SMILES string of the molecule is CCCC(SOC(=O)[O-])c1ccccc1.[Na+]. The summed E-state index contributed by atoms with van der Waals surface area (Å²) >= 11 is 0.945. The zero-order valence-electron chi connectivity index (χ0n) is 9.51. The fourth-order valence-corrected chi connectivity index (χ4v) is 2.09. The van der Waals surface area contributed by atoms with Gasteiger partial charge in [0.25, 0.3) is 6.16 Å². The van der Waals surface area contributed by atoms with Crippen LogP contribution in [0, 0.1) is 0 Å². The third kappa shape index (κ3) is 5.80. The molecular weight excluding hydrogens is 235 g/mol. The first-order valence-electron chi connectivity index (χ1n) is 4.83. The summed E-state index contributed by atoms with van der Waals surface area (Å²) in [7, 11) is 0. The van der Waals surface area contributed by atoms with Gasteiger partial charge in [0.15, 0.2) is 0 Å². The van der Waals surface area contributed by atoms with Crippen LogP contribution in [0.2, 0.25) is 0 Å². The summed E-state index contributed by atoms with van der Waals surface area (Å²) in [5.74, 6) is 0. The molecule has 3 nitrogen and oxygen atoms in total. The van der Waals surface area contributed by atoms with E-state index >= 15 is 0 Å². The van der Waals surface area contributed by atoms with E-state index in [0.29, 0.717) is 0 Å². The first-order valence-corrected chi connectivity index (χ1v) is 5.63. The first-order chi connectivity index (χ1) is 7.24. The molecule has 0 bridgehead atoms. The molecule has 0 aromatic heterocycles. The third-order valence-corrected chi connectivity index (χ3v) is 2.93. The molecule has 0 aliphatic rings. The van der Waals surface area contributed by atoms with Crippen molar-refractivity contribution in [3.05, 3.63) is 35.9 Å². The van der Waals surface area contributed by atoms with Crippen molar-refractivity contribution < 1.29 is 43.6 Å². The molecule has 0 amide bonds. The van der Waals surface area contributed by atoms with Gasteiger partial charge in [-0.3, -0.25) is 0 Å². The molecule has 1 atom stereocenters. The van der Waals surface area contributed by atoms with Crippen LogP contribution in [0.1, 0.15) is 30.6 Å². The zero-order valence-corrected chi connectivity index (χ0v) is 12.3. The molecule has 0 aliphatic carbocycles. The van der Waals surface area contributed by atoms with Crippen molar-refractivity contribution in [1.29, 1.82) is 0 Å². The second kappa shape index (κ2) is 8.93. The van der Waals surface area contributed by atoms with Crippen LogP contribution in [0.25, 0.3) is 0 Å². The second-order valence-corrected chi connectivity index (χ2v) is 4.05. The van der Waals surface area contributed by atoms with E-state index in [0.717, 1.165) is 30.4 Å². The first kappa shape index (κ1) is 15.8. The fourth-order valence-electron chi connectivity index (χ4n) is 1.30. The average Bonchev–Trinajstić information content (AvgIpc) is 2.25. The summed E-state index contributed by atoms with van der Waals surface area (Å²) in [6.07, 6.45) is 0.363. The number of carbonyl (C=O) groups is 1. The Balaban J connectivity index is 0.00000225. The third-order valence-electron chi connectivity index (χ3n) is 1.95. The molecule has 0 fully saturated rings. The second-order valence-electron chi connectivity index (χ2n) is 3.12. The standard InChI is InChI=1S/C11H14O3S.Na/c1-2-6-10(15-14-11(12)13)9-7-4-3-5-8-9;/h3-5,7-8,10H,2,6H2,1H3,(H,12,13);/q;+1/p-1. The Bertz CT molecular complexity index is 305. The van der Waals surface area contributed by atoms with Gasteiger partial charge < -0.3 is 14.1 Å². The van der Waals surface area contributed by atoms with Crippen LogP contribution in [0.15, 0.2) is 30.3 Å². The Labute approximate surface area is 122 Å². The monoisotopic (exact) mass is 248 g/mol. The summed E-state index contributed by atoms with van der Waals surface area (Å²) < 4.78 is 4.43. The molecule has 16 heavy (non-hydrogen) atoms. The topological polar surface area (TPSA) is 49.4 Å². The average molecular weight is 248 g/mol. The molecule has 1 aromatic carbocycles. The van der Waals surface area contributed by atoms with Gasteiger partial charge in [0, 0.05) is 5.25 Å². The van der Waals surface area contributed by atoms with Crippen LogP contribution >= 0.6 is 12.0 Å². The minimum Gasteiger partial charge on any atom is -0.482 e. The van der Waals surface area contributed by atoms with Crippen molar-refractivity contribution >= 4 is 18.2 Å². The molecular formula is C11H13NaO3S. The predicted octanol–water partition coefficient (Wildman–Crippen LogP) is -0.460. The Kier molecular flexibility index (Phi) is 8.84. The Morgan fingerprint density at radius 1 is 1.44 bits per heavy atom. The molecule has 0 N–H and O–H groups in total. The van der Waals surface area contributed by atoms with Gasteiger partial charge in [-0.1, -0.05) is 43.7 Å². The van der Waals surface area contributed by atoms with E-state index in [9.17, 15) is 9.90 Å². The van der Waals surface area contributed by atoms with Crippen molar-refractivity contribution in [2.45, 2.75) is 25.0 Å². The van der Waals surface area contributed by atoms with Crippen molar-refractivity contribution in [3.8, 4) is 0 Å². The van der Waals surface area contributed by atoms with Crippen LogP contribution in [-0.2, 0) is 4.18 Å². The van der Waals surface area contributed by atoms with E-state index in [1.54, 1.807) is 0 Å². The maximum absolute atomic E-state index is 10.2. The molecule has 1 unspecified atom stereocenters. The predicted molar refractivity (Wildman–Crippen MR) is 58.2 cm³/mol. The molecule has 0 radical (unpaired) electrons. The summed E-state index contributed by atoms with van der Waals surface area (Å²) in [6.45, 7) is 2.05. The molecule has 82 valence electrons. The molecule has 1 aromatic rings. The quantitative estimate of drug-likeness (QED) is 0.522. The normalized spacial score (nSPS) is 11.3. The van der Waals surface area contributed by atoms with Crippen molar-refractivity contribution in [2.75, 3.05) is 0 Å². The zero-order chi connectivity index (χ0) is 11.1. The molecule has 0 aliphatic heterocycles. The van der Waals surface area contributed by atoms with Crippen molar-refractivity contribution in [3.63, 3.8) is 0 Å². The summed E-state index contributed by atoms with van der Waals surface area (Å²) in [4.78, 5) is 10.2. The van der Waals surface area contributed by atoms with Gasteiger partial charge in [-0.15, -0.1) is 0 Å². The summed E-state index contributed by atoms with van der Waals surface area (Å²) in [5, 5.41) is 10.2. The van der Waals surface area contributed by atoms with Crippen LogP contribution in [0.3, 0.4) is 0 Å². The number of rotatable bonds is 5. The van der Waals surface area contributed by atoms with Gasteiger partial charge in [0.2, 0.25) is 0 Å². The molecule has 0 heterocycles. The van der Waals surface area contributed by atoms with Crippen LogP contribution in [0.4, 0.5) is 4.79 Å². The molecule has 1 rings (SSSR count). The van der Waals surface area contributed by atoms with Crippen LogP contribution < -0.4 is 34.7 Å². The van der Waals surface area contributed by atoms with Gasteiger partial charge >= 0.3 is 29.6 Å². The number of carboxylic acid groups (broad SMARTS) is 1. The minimum atomic E-state index is -1.49. The van der Waals surface area contributed by atoms with Gasteiger partial charge in [-0.05, 0) is 24.0 Å². The van der Waals surface area contributed by atoms with Crippen LogP contribution in [0.5, 0.6) is 0 Å². The van der Waals surface area contributed by atoms with Crippen LogP contribution in [-0.4, -0.2) is 6.16 Å². The van der Waals surface area contributed by atoms with E-state index in [4.69, 9.17) is 0 Å². The van der Waals surface area contributed by atoms with E-state index in [-0.39, 0.29) is 34.8 Å². The smallest absolute Gasteiger partial charge is 0.482 e. The summed E-state index contributed by atoms with van der Waals surface area (Å²) in [5.41, 5.74) is 1.07. The van der Waals surface area contributed by atoms with E-state index in [1.165, 1.54) is 0 Å². The van der Waals surface area contributed by atoms with Crippen molar-refractivity contribution in [2.24, 2.45) is 0 Å². The molecule has 0 saturated heterocycles. The van der Waals surface area contributed by atoms with Gasteiger partial charge in [-0.2, -0.15) is 0 Å². The van der Waals surface area contributed by atoms with Gasteiger partial charge in [0.05, 0.1) is 0 Å². The maximum Gasteiger partial charge on any atom is 1.00 e. The van der Waals surface area contributed by atoms with Crippen molar-refractivity contribution in [1.82, 2.24) is 0 Å². The van der Waals surface area contributed by atoms with Gasteiger partial charge in [0.1, 0.15) is 0 Å². The van der Waals surface area contributed by atoms with E-state index in [2.05, 4.69) is 11.1 Å². The number of carbonyl (C=O) groups excluding carboxylic acids is 1. The Morgan fingerprint density at radius 2 is 2.06 bits per heavy atom. The maximum atomic E-state index is 10.2. The molecule has 5 heteroatoms. The molecule has 0 spiro atoms. The van der Waals surface area contributed by atoms with Gasteiger partial charge in [-0.25, -0.2) is 0 Å². The van der Waals surface area contributed by atoms with E-state index < -0.39 is 6.16 Å². The number of hydrogen-bond donors (Lipinski definition) is 0. The Hall–Kier alpha value is -0.160. The fraction of sp³-hybridized carbons (Fsp3) is 0.364. The number of hydrogen-bond acceptors (Lipinski definition) is 4. The number of benzene rings is 1. The molecule has 0 saturated carbocycles.